The van der Waals surface area contributed by atoms with Gasteiger partial charge in [-0.1, -0.05) is 42.8 Å². The summed E-state index contributed by atoms with van der Waals surface area (Å²) in [7, 11) is 0. The second-order valence-corrected chi connectivity index (χ2v) is 4.70. The second-order valence-electron chi connectivity index (χ2n) is 4.70. The number of hydrogen-bond acceptors (Lipinski definition) is 1. The molecule has 0 spiro atoms. The van der Waals surface area contributed by atoms with Gasteiger partial charge in [0.05, 0.1) is 0 Å². The number of halogens is 2. The van der Waals surface area contributed by atoms with Crippen LogP contribution in [0.1, 0.15) is 11.1 Å². The summed E-state index contributed by atoms with van der Waals surface area (Å²) in [5, 5.41) is 2.62. The number of rotatable bonds is 2. The summed E-state index contributed by atoms with van der Waals surface area (Å²) in [6.07, 6.45) is 0. The predicted molar refractivity (Wildman–Crippen MR) is 77.6 cm³/mol. The molecule has 0 unspecified atom stereocenters. The molecule has 0 amide bonds. The average molecular weight is 396 g/mol. The number of aryl methyl sites for hydroxylation is 1. The normalized spacial score (nSPS) is 9.43. The van der Waals surface area contributed by atoms with Gasteiger partial charge in [-0.15, -0.1) is 34.5 Å². The van der Waals surface area contributed by atoms with Crippen LogP contribution in [0.25, 0.3) is 21.9 Å². The van der Waals surface area contributed by atoms with Crippen LogP contribution in [0.5, 0.6) is 0 Å². The summed E-state index contributed by atoms with van der Waals surface area (Å²) in [4.78, 5) is 0. The Balaban J connectivity index is 0.00000133. The van der Waals surface area contributed by atoms with Crippen molar-refractivity contribution in [2.24, 2.45) is 5.73 Å². The summed E-state index contributed by atoms with van der Waals surface area (Å²) in [6, 6.07) is 19.3. The van der Waals surface area contributed by atoms with Crippen LogP contribution in [0.15, 0.2) is 54.6 Å². The smallest absolute Gasteiger partial charge is 1.00 e. The van der Waals surface area contributed by atoms with Gasteiger partial charge in [0.1, 0.15) is 0 Å². The first-order chi connectivity index (χ1) is 8.79. The molecule has 2 N–H and O–H groups in total. The Morgan fingerprint density at radius 1 is 0.952 bits per heavy atom. The maximum Gasteiger partial charge on any atom is 3.00 e. The Hall–Kier alpha value is -0.527. The standard InChI is InChI=1S/C17H16N.2ClH.Zr/c1-12-9-13-6-4-8-16(17(13)10-12)15-7-3-2-5-14(15)11-18;;;/h2-10H,11,18H2,1H3;2*1H;/q-1;;;+3/p-2. The molecule has 0 aliphatic heterocycles. The SMILES string of the molecule is Cc1cc2c(-c3ccccc3CN)cccc2[cH-]1.[Cl-].[Cl-].[Zr+3]. The molecule has 0 bridgehead atoms. The van der Waals surface area contributed by atoms with Crippen LogP contribution in [0.4, 0.5) is 0 Å². The van der Waals surface area contributed by atoms with Crippen molar-refractivity contribution >= 4 is 10.8 Å². The number of fused-ring (bicyclic) bond motifs is 1. The fraction of sp³-hybridized carbons (Fsp3) is 0.118. The molecule has 0 atom stereocenters. The molecule has 0 saturated heterocycles. The monoisotopic (exact) mass is 394 g/mol. The molecule has 1 nitrogen and oxygen atoms in total. The molecule has 3 aromatic carbocycles. The van der Waals surface area contributed by atoms with Crippen molar-refractivity contribution in [3.05, 3.63) is 65.7 Å². The number of benzene rings is 2. The Morgan fingerprint density at radius 2 is 1.62 bits per heavy atom. The van der Waals surface area contributed by atoms with Crippen molar-refractivity contribution in [1.29, 1.82) is 0 Å². The van der Waals surface area contributed by atoms with Crippen LogP contribution in [0, 0.1) is 6.92 Å². The molecule has 4 heteroatoms. The third-order valence-electron chi connectivity index (χ3n) is 3.42. The first-order valence-corrected chi connectivity index (χ1v) is 6.24. The first kappa shape index (κ1) is 20.5. The number of nitrogens with two attached hydrogens (primary N) is 1. The molecule has 0 heterocycles. The molecule has 0 fully saturated rings. The molecule has 0 aromatic heterocycles. The van der Waals surface area contributed by atoms with Crippen LogP contribution in [0.3, 0.4) is 0 Å². The van der Waals surface area contributed by atoms with Gasteiger partial charge in [0.15, 0.2) is 0 Å². The minimum absolute atomic E-state index is 0. The summed E-state index contributed by atoms with van der Waals surface area (Å²) in [6.45, 7) is 2.71. The molecular formula is C17H16Cl2NZr. The van der Waals surface area contributed by atoms with E-state index in [0.29, 0.717) is 6.54 Å². The Labute approximate surface area is 157 Å². The van der Waals surface area contributed by atoms with Crippen molar-refractivity contribution in [1.82, 2.24) is 0 Å². The van der Waals surface area contributed by atoms with Gasteiger partial charge in [0, 0.05) is 6.54 Å². The van der Waals surface area contributed by atoms with E-state index in [-0.39, 0.29) is 51.0 Å². The van der Waals surface area contributed by atoms with Gasteiger partial charge in [-0.05, 0) is 11.1 Å². The maximum atomic E-state index is 5.84. The summed E-state index contributed by atoms with van der Waals surface area (Å²) < 4.78 is 0. The fourth-order valence-corrected chi connectivity index (χ4v) is 2.58. The van der Waals surface area contributed by atoms with Crippen molar-refractivity contribution in [3.8, 4) is 11.1 Å². The minimum Gasteiger partial charge on any atom is -1.00 e. The Kier molecular flexibility index (Phi) is 8.58. The van der Waals surface area contributed by atoms with Gasteiger partial charge in [-0.25, -0.2) is 0 Å². The van der Waals surface area contributed by atoms with Gasteiger partial charge >= 0.3 is 26.2 Å². The van der Waals surface area contributed by atoms with E-state index < -0.39 is 0 Å². The van der Waals surface area contributed by atoms with Crippen LogP contribution in [0.2, 0.25) is 0 Å². The maximum absolute atomic E-state index is 5.84. The molecular weight excluding hydrogens is 380 g/mol. The quantitative estimate of drug-likeness (QED) is 0.499. The van der Waals surface area contributed by atoms with Gasteiger partial charge in [0.2, 0.25) is 0 Å². The fourth-order valence-electron chi connectivity index (χ4n) is 2.58. The molecule has 0 aliphatic carbocycles. The summed E-state index contributed by atoms with van der Waals surface area (Å²) in [5.74, 6) is 0. The van der Waals surface area contributed by atoms with Gasteiger partial charge in [-0.3, -0.25) is 0 Å². The zero-order valence-electron chi connectivity index (χ0n) is 11.7. The van der Waals surface area contributed by atoms with Gasteiger partial charge < -0.3 is 30.5 Å². The second kappa shape index (κ2) is 8.80. The minimum atomic E-state index is 0. The van der Waals surface area contributed by atoms with Crippen LogP contribution >= 0.6 is 0 Å². The van der Waals surface area contributed by atoms with E-state index in [2.05, 4.69) is 55.5 Å². The summed E-state index contributed by atoms with van der Waals surface area (Å²) in [5.41, 5.74) is 10.9. The average Bonchev–Trinajstić information content (AvgIpc) is 2.78. The van der Waals surface area contributed by atoms with E-state index in [1.54, 1.807) is 0 Å². The largest absolute Gasteiger partial charge is 3.00 e. The molecule has 0 aliphatic rings. The van der Waals surface area contributed by atoms with Crippen molar-refractivity contribution in [2.45, 2.75) is 13.5 Å². The van der Waals surface area contributed by atoms with Gasteiger partial charge in [0.25, 0.3) is 0 Å². The van der Waals surface area contributed by atoms with Crippen molar-refractivity contribution < 1.29 is 51.0 Å². The molecule has 3 rings (SSSR count). The van der Waals surface area contributed by atoms with Crippen LogP contribution in [-0.4, -0.2) is 0 Å². The van der Waals surface area contributed by atoms with E-state index in [9.17, 15) is 0 Å². The van der Waals surface area contributed by atoms with Crippen LogP contribution in [-0.2, 0) is 32.7 Å². The molecule has 21 heavy (non-hydrogen) atoms. The Bertz CT molecular complexity index is 707. The van der Waals surface area contributed by atoms with Crippen molar-refractivity contribution in [3.63, 3.8) is 0 Å². The molecule has 3 aromatic rings. The predicted octanol–water partition coefficient (Wildman–Crippen LogP) is -2.00. The zero-order chi connectivity index (χ0) is 12.5. The van der Waals surface area contributed by atoms with E-state index in [1.807, 2.05) is 6.07 Å². The third-order valence-corrected chi connectivity index (χ3v) is 3.42. The van der Waals surface area contributed by atoms with E-state index in [4.69, 9.17) is 5.73 Å². The van der Waals surface area contributed by atoms with E-state index >= 15 is 0 Å². The zero-order valence-corrected chi connectivity index (χ0v) is 15.7. The Morgan fingerprint density at radius 3 is 2.33 bits per heavy atom. The third kappa shape index (κ3) is 4.02. The van der Waals surface area contributed by atoms with E-state index in [0.717, 1.165) is 0 Å². The topological polar surface area (TPSA) is 26.0 Å². The summed E-state index contributed by atoms with van der Waals surface area (Å²) >= 11 is 0. The van der Waals surface area contributed by atoms with Crippen molar-refractivity contribution in [2.75, 3.05) is 0 Å². The first-order valence-electron chi connectivity index (χ1n) is 6.24. The molecule has 1 radical (unpaired) electrons. The van der Waals surface area contributed by atoms with E-state index in [1.165, 1.54) is 33.0 Å². The molecule has 107 valence electrons. The van der Waals surface area contributed by atoms with Gasteiger partial charge in [-0.2, -0.15) is 6.07 Å². The number of hydrogen-bond donors (Lipinski definition) is 1. The molecule has 0 saturated carbocycles. The van der Waals surface area contributed by atoms with Crippen LogP contribution < -0.4 is 30.5 Å².